The summed E-state index contributed by atoms with van der Waals surface area (Å²) in [5.41, 5.74) is 0. The number of carbonyl (C=O) groups excluding carboxylic acids is 4. The van der Waals surface area contributed by atoms with Crippen molar-refractivity contribution in [3.05, 3.63) is 0 Å². The first kappa shape index (κ1) is 48.2. The molecule has 0 fully saturated rings. The van der Waals surface area contributed by atoms with E-state index in [2.05, 4.69) is 13.8 Å². The molecule has 0 saturated carbocycles. The fraction of sp³-hybridized carbons (Fsp3) is 0.905. The molecule has 0 radical (unpaired) electrons. The fourth-order valence-corrected chi connectivity index (χ4v) is 6.61. The molecule has 4 N–H and O–H groups in total. The van der Waals surface area contributed by atoms with Gasteiger partial charge in [-0.15, -0.1) is 0 Å². The lowest BCUT2D eigenvalue weighted by Crippen LogP contribution is -2.43. The molecule has 0 aromatic heterocycles. The van der Waals surface area contributed by atoms with E-state index in [4.69, 9.17) is 11.7 Å². The molecule has 0 heterocycles. The van der Waals surface area contributed by atoms with Gasteiger partial charge in [0.2, 0.25) is 23.6 Å². The van der Waals surface area contributed by atoms with Crippen LogP contribution in [-0.2, 0) is 19.2 Å². The lowest BCUT2D eigenvalue weighted by atomic mass is 10.0. The highest BCUT2D eigenvalue weighted by Crippen LogP contribution is 2.16. The van der Waals surface area contributed by atoms with Gasteiger partial charge in [0, 0.05) is 25.7 Å². The molecular weight excluding hydrogens is 624 g/mol. The molecule has 294 valence electrons. The summed E-state index contributed by atoms with van der Waals surface area (Å²) in [5.74, 6) is 9.99. The van der Waals surface area contributed by atoms with E-state index in [1.807, 2.05) is 0 Å². The van der Waals surface area contributed by atoms with Gasteiger partial charge < -0.3 is 0 Å². The van der Waals surface area contributed by atoms with Gasteiger partial charge in [0.15, 0.2) is 0 Å². The molecule has 0 spiro atoms. The molecule has 0 bridgehead atoms. The average Bonchev–Trinajstić information content (AvgIpc) is 3.12. The Balaban J connectivity index is 3.69. The van der Waals surface area contributed by atoms with Gasteiger partial charge in [0.05, 0.1) is 0 Å². The van der Waals surface area contributed by atoms with Crippen molar-refractivity contribution in [2.45, 2.75) is 245 Å². The summed E-state index contributed by atoms with van der Waals surface area (Å²) in [7, 11) is 0. The summed E-state index contributed by atoms with van der Waals surface area (Å²) >= 11 is 0. The van der Waals surface area contributed by atoms with Gasteiger partial charge in [-0.3, -0.25) is 19.2 Å². The molecule has 0 aliphatic heterocycles. The van der Waals surface area contributed by atoms with Gasteiger partial charge >= 0.3 is 0 Å². The van der Waals surface area contributed by atoms with Crippen molar-refractivity contribution < 1.29 is 19.2 Å². The largest absolute Gasteiger partial charge is 0.273 e. The summed E-state index contributed by atoms with van der Waals surface area (Å²) in [5, 5.41) is 1.48. The van der Waals surface area contributed by atoms with Crippen LogP contribution < -0.4 is 11.7 Å². The maximum atomic E-state index is 12.4. The van der Waals surface area contributed by atoms with Crippen molar-refractivity contribution in [3.8, 4) is 0 Å². The van der Waals surface area contributed by atoms with Crippen molar-refractivity contribution in [3.63, 3.8) is 0 Å². The van der Waals surface area contributed by atoms with Crippen LogP contribution in [0.4, 0.5) is 0 Å². The summed E-state index contributed by atoms with van der Waals surface area (Å²) in [6.07, 6.45) is 39.3. The molecule has 0 aliphatic rings. The van der Waals surface area contributed by atoms with E-state index in [-0.39, 0.29) is 37.5 Å². The highest BCUT2D eigenvalue weighted by molar-refractivity contribution is 5.95. The van der Waals surface area contributed by atoms with Crippen LogP contribution in [0, 0.1) is 0 Å². The molecular formula is C42H82N4O4. The van der Waals surface area contributed by atoms with Gasteiger partial charge in [0.25, 0.3) is 0 Å². The van der Waals surface area contributed by atoms with Crippen molar-refractivity contribution in [2.75, 3.05) is 0 Å². The van der Waals surface area contributed by atoms with Crippen LogP contribution in [0.2, 0.25) is 0 Å². The Morgan fingerprint density at radius 2 is 0.420 bits per heavy atom. The molecule has 8 nitrogen and oxygen atoms in total. The maximum Gasteiger partial charge on any atom is 0.243 e. The molecule has 50 heavy (non-hydrogen) atoms. The molecule has 0 aromatic carbocycles. The molecule has 0 aliphatic carbocycles. The predicted molar refractivity (Wildman–Crippen MR) is 210 cm³/mol. The number of hydrogen-bond donors (Lipinski definition) is 2. The Kier molecular flexibility index (Phi) is 35.6. The van der Waals surface area contributed by atoms with Crippen molar-refractivity contribution in [1.82, 2.24) is 10.0 Å². The normalized spacial score (nSPS) is 11.2. The second kappa shape index (κ2) is 37.0. The first-order valence-corrected chi connectivity index (χ1v) is 21.6. The van der Waals surface area contributed by atoms with Gasteiger partial charge in [-0.2, -0.15) is 0 Å². The van der Waals surface area contributed by atoms with Crippen LogP contribution in [0.25, 0.3) is 0 Å². The molecule has 4 amide bonds. The monoisotopic (exact) mass is 707 g/mol. The van der Waals surface area contributed by atoms with Gasteiger partial charge in [-0.25, -0.2) is 21.7 Å². The number of imide groups is 2. The van der Waals surface area contributed by atoms with E-state index in [9.17, 15) is 19.2 Å². The number of rotatable bonds is 37. The highest BCUT2D eigenvalue weighted by atomic mass is 16.2. The molecule has 8 heteroatoms. The van der Waals surface area contributed by atoms with E-state index >= 15 is 0 Å². The van der Waals surface area contributed by atoms with Crippen LogP contribution in [0.5, 0.6) is 0 Å². The third-order valence-corrected chi connectivity index (χ3v) is 10.1. The third kappa shape index (κ3) is 31.0. The Morgan fingerprint density at radius 1 is 0.280 bits per heavy atom. The molecule has 0 unspecified atom stereocenters. The van der Waals surface area contributed by atoms with Crippen LogP contribution in [-0.4, -0.2) is 33.6 Å². The van der Waals surface area contributed by atoms with Crippen LogP contribution in [0.1, 0.15) is 245 Å². The minimum Gasteiger partial charge on any atom is -0.273 e. The number of nitrogens with zero attached hydrogens (tertiary/aromatic N) is 2. The zero-order valence-electron chi connectivity index (χ0n) is 33.1. The Labute approximate surface area is 308 Å². The smallest absolute Gasteiger partial charge is 0.243 e. The first-order chi connectivity index (χ1) is 24.3. The van der Waals surface area contributed by atoms with Crippen molar-refractivity contribution in [1.29, 1.82) is 0 Å². The van der Waals surface area contributed by atoms with Gasteiger partial charge in [0.1, 0.15) is 0 Å². The summed E-state index contributed by atoms with van der Waals surface area (Å²) in [6.45, 7) is 4.52. The second-order valence-corrected chi connectivity index (χ2v) is 14.9. The average molecular weight is 707 g/mol. The second-order valence-electron chi connectivity index (χ2n) is 14.9. The molecule has 0 rings (SSSR count). The Bertz CT molecular complexity index is 756. The topological polar surface area (TPSA) is 127 Å². The fourth-order valence-electron chi connectivity index (χ4n) is 6.61. The summed E-state index contributed by atoms with van der Waals surface area (Å²) < 4.78 is 0. The Hall–Kier alpha value is -1.80. The number of amides is 4. The zero-order chi connectivity index (χ0) is 36.9. The van der Waals surface area contributed by atoms with E-state index in [0.717, 1.165) is 48.5 Å². The molecule has 0 aromatic rings. The molecule has 0 saturated heterocycles. The lowest BCUT2D eigenvalue weighted by Gasteiger charge is -2.16. The Morgan fingerprint density at radius 3 is 0.600 bits per heavy atom. The van der Waals surface area contributed by atoms with Crippen LogP contribution in [0.15, 0.2) is 0 Å². The number of hydrazine groups is 2. The van der Waals surface area contributed by atoms with Crippen LogP contribution in [0.3, 0.4) is 0 Å². The quantitative estimate of drug-likeness (QED) is 0.0286. The van der Waals surface area contributed by atoms with E-state index < -0.39 is 11.8 Å². The third-order valence-electron chi connectivity index (χ3n) is 10.1. The lowest BCUT2D eigenvalue weighted by molar-refractivity contribution is -0.147. The van der Waals surface area contributed by atoms with E-state index in [1.165, 1.54) is 154 Å². The summed E-state index contributed by atoms with van der Waals surface area (Å²) in [4.78, 5) is 49.4. The minimum atomic E-state index is -0.433. The SMILES string of the molecule is CCCCCCCCCCCCCCCCCC(=O)N(N)C(=O)CCCCC(=O)N(N)C(=O)CCCCCCCCCCCCCCCCC. The predicted octanol–water partition coefficient (Wildman–Crippen LogP) is 11.5. The number of nitrogens with two attached hydrogens (primary N) is 2. The number of hydrogen-bond acceptors (Lipinski definition) is 6. The van der Waals surface area contributed by atoms with Crippen LogP contribution >= 0.6 is 0 Å². The van der Waals surface area contributed by atoms with Crippen molar-refractivity contribution in [2.24, 2.45) is 11.7 Å². The van der Waals surface area contributed by atoms with Gasteiger partial charge in [-0.1, -0.05) is 194 Å². The maximum absolute atomic E-state index is 12.4. The van der Waals surface area contributed by atoms with Gasteiger partial charge in [-0.05, 0) is 25.7 Å². The zero-order valence-corrected chi connectivity index (χ0v) is 33.1. The summed E-state index contributed by atoms with van der Waals surface area (Å²) in [6, 6.07) is 0. The first-order valence-electron chi connectivity index (χ1n) is 21.6. The number of carbonyl (C=O) groups is 4. The van der Waals surface area contributed by atoms with E-state index in [0.29, 0.717) is 12.8 Å². The minimum absolute atomic E-state index is 0.0893. The van der Waals surface area contributed by atoms with E-state index in [1.54, 1.807) is 0 Å². The number of unbranched alkanes of at least 4 members (excludes halogenated alkanes) is 29. The molecule has 0 atom stereocenters. The van der Waals surface area contributed by atoms with Crippen molar-refractivity contribution >= 4 is 23.6 Å². The standard InChI is InChI=1S/C42H82N4O4/c1-3-5-7-9-11-13-15-17-19-21-23-25-27-29-31-35-39(47)45(43)41(49)37-33-34-38-42(50)46(44)40(48)36-32-30-28-26-24-22-20-18-16-14-12-10-8-6-4-2/h3-38,43-44H2,1-2H3. The highest BCUT2D eigenvalue weighted by Gasteiger charge is 2.19.